The molecule has 0 amide bonds. The summed E-state index contributed by atoms with van der Waals surface area (Å²) >= 11 is -2.25. The van der Waals surface area contributed by atoms with E-state index in [-0.39, 0.29) is 13.2 Å². The Balaban J connectivity index is 3.67. The molecule has 0 aromatic carbocycles. The van der Waals surface area contributed by atoms with Crippen molar-refractivity contribution in [1.29, 1.82) is 0 Å². The van der Waals surface area contributed by atoms with Crippen molar-refractivity contribution in [2.45, 2.75) is 6.92 Å². The lowest BCUT2D eigenvalue weighted by atomic mass is 10.6. The maximum Gasteiger partial charge on any atom is 0.330 e. The van der Waals surface area contributed by atoms with Gasteiger partial charge in [0.25, 0.3) is 0 Å². The number of hydrogen-bond acceptors (Lipinski definition) is 4. The molecule has 0 saturated heterocycles. The van der Waals surface area contributed by atoms with Crippen molar-refractivity contribution >= 4 is 17.2 Å². The first kappa shape index (κ1) is 12.3. The Bertz CT molecular complexity index is 207. The van der Waals surface area contributed by atoms with E-state index < -0.39 is 17.2 Å². The van der Waals surface area contributed by atoms with Crippen LogP contribution in [-0.4, -0.2) is 38.7 Å². The van der Waals surface area contributed by atoms with Crippen LogP contribution in [0, 0.1) is 0 Å². The van der Waals surface area contributed by atoms with Crippen LogP contribution in [0.15, 0.2) is 12.7 Å². The van der Waals surface area contributed by atoms with Crippen LogP contribution in [0.2, 0.25) is 0 Å². The van der Waals surface area contributed by atoms with Gasteiger partial charge in [-0.2, -0.15) is 0 Å². The average molecular weight is 206 g/mol. The van der Waals surface area contributed by atoms with Gasteiger partial charge in [0.15, 0.2) is 0 Å². The van der Waals surface area contributed by atoms with Gasteiger partial charge in [-0.1, -0.05) is 13.5 Å². The first-order chi connectivity index (χ1) is 6.11. The molecule has 0 aliphatic rings. The van der Waals surface area contributed by atoms with E-state index in [9.17, 15) is 13.6 Å². The van der Waals surface area contributed by atoms with E-state index in [0.29, 0.717) is 6.54 Å². The second kappa shape index (κ2) is 6.76. The van der Waals surface area contributed by atoms with Crippen LogP contribution in [-0.2, 0) is 20.8 Å². The Morgan fingerprint density at radius 2 is 2.38 bits per heavy atom. The summed E-state index contributed by atoms with van der Waals surface area (Å²) in [5.74, 6) is -0.548. The minimum atomic E-state index is -2.25. The van der Waals surface area contributed by atoms with E-state index in [1.54, 1.807) is 6.92 Å². The third-order valence-corrected chi connectivity index (χ3v) is 2.18. The molecule has 0 heterocycles. The fourth-order valence-corrected chi connectivity index (χ4v) is 1.08. The molecule has 1 unspecified atom stereocenters. The van der Waals surface area contributed by atoms with Crippen LogP contribution in [0.5, 0.6) is 0 Å². The average Bonchev–Trinajstić information content (AvgIpc) is 2.11. The van der Waals surface area contributed by atoms with Gasteiger partial charge in [0.05, 0.1) is 0 Å². The predicted molar refractivity (Wildman–Crippen MR) is 47.3 cm³/mol. The van der Waals surface area contributed by atoms with Gasteiger partial charge >= 0.3 is 5.97 Å². The van der Waals surface area contributed by atoms with Crippen molar-refractivity contribution in [1.82, 2.24) is 4.31 Å². The van der Waals surface area contributed by atoms with Gasteiger partial charge < -0.3 is 9.29 Å². The SMILES string of the molecule is C=CC(=O)OCCN(CC)S(=O)[O-]. The van der Waals surface area contributed by atoms with Gasteiger partial charge in [0.1, 0.15) is 6.61 Å². The second-order valence-electron chi connectivity index (χ2n) is 2.11. The number of rotatable bonds is 6. The molecule has 6 heteroatoms. The Morgan fingerprint density at radius 1 is 1.77 bits per heavy atom. The highest BCUT2D eigenvalue weighted by molar-refractivity contribution is 7.76. The van der Waals surface area contributed by atoms with Gasteiger partial charge in [0, 0.05) is 30.4 Å². The Morgan fingerprint density at radius 3 is 2.77 bits per heavy atom. The number of likely N-dealkylation sites (N-methyl/N-ethyl adjacent to an activating group) is 1. The van der Waals surface area contributed by atoms with Gasteiger partial charge in [-0.15, -0.1) is 0 Å². The fraction of sp³-hybridized carbons (Fsp3) is 0.571. The number of nitrogens with zero attached hydrogens (tertiary/aromatic N) is 1. The summed E-state index contributed by atoms with van der Waals surface area (Å²) in [5, 5.41) is 0. The molecule has 76 valence electrons. The van der Waals surface area contributed by atoms with Gasteiger partial charge in [0.2, 0.25) is 0 Å². The zero-order valence-corrected chi connectivity index (χ0v) is 8.21. The van der Waals surface area contributed by atoms with Crippen molar-refractivity contribution in [3.63, 3.8) is 0 Å². The van der Waals surface area contributed by atoms with Crippen LogP contribution >= 0.6 is 0 Å². The van der Waals surface area contributed by atoms with Crippen molar-refractivity contribution in [2.24, 2.45) is 0 Å². The summed E-state index contributed by atoms with van der Waals surface area (Å²) in [6, 6.07) is 0. The summed E-state index contributed by atoms with van der Waals surface area (Å²) in [6.07, 6.45) is 1.03. The van der Waals surface area contributed by atoms with E-state index in [4.69, 9.17) is 0 Å². The predicted octanol–water partition coefficient (Wildman–Crippen LogP) is -0.168. The van der Waals surface area contributed by atoms with Crippen LogP contribution in [0.1, 0.15) is 6.92 Å². The number of carbonyl (C=O) groups is 1. The van der Waals surface area contributed by atoms with Gasteiger partial charge in [-0.25, -0.2) is 9.10 Å². The summed E-state index contributed by atoms with van der Waals surface area (Å²) in [5.41, 5.74) is 0. The highest BCUT2D eigenvalue weighted by atomic mass is 32.2. The maximum atomic E-state index is 10.5. The Labute approximate surface area is 79.8 Å². The first-order valence-corrected chi connectivity index (χ1v) is 4.78. The summed E-state index contributed by atoms with van der Waals surface area (Å²) in [7, 11) is 0. The lowest BCUT2D eigenvalue weighted by molar-refractivity contribution is -0.137. The molecular formula is C7H12NO4S-. The van der Waals surface area contributed by atoms with Crippen molar-refractivity contribution < 1.29 is 18.3 Å². The summed E-state index contributed by atoms with van der Waals surface area (Å²) in [4.78, 5) is 10.5. The number of esters is 1. The molecule has 13 heavy (non-hydrogen) atoms. The molecule has 1 atom stereocenters. The molecule has 0 spiro atoms. The molecule has 0 bridgehead atoms. The lowest BCUT2D eigenvalue weighted by Crippen LogP contribution is -2.29. The smallest absolute Gasteiger partial charge is 0.330 e. The highest BCUT2D eigenvalue weighted by Crippen LogP contribution is 1.91. The molecule has 0 N–H and O–H groups in total. The fourth-order valence-electron chi connectivity index (χ4n) is 0.645. The normalized spacial score (nSPS) is 12.5. The van der Waals surface area contributed by atoms with Crippen LogP contribution in [0.4, 0.5) is 0 Å². The maximum absolute atomic E-state index is 10.5. The van der Waals surface area contributed by atoms with E-state index in [0.717, 1.165) is 10.4 Å². The van der Waals surface area contributed by atoms with E-state index in [1.807, 2.05) is 0 Å². The van der Waals surface area contributed by atoms with Crippen molar-refractivity contribution in [2.75, 3.05) is 19.7 Å². The third-order valence-electron chi connectivity index (χ3n) is 1.32. The van der Waals surface area contributed by atoms with Crippen molar-refractivity contribution in [3.05, 3.63) is 12.7 Å². The molecule has 0 aromatic heterocycles. The van der Waals surface area contributed by atoms with Gasteiger partial charge in [-0.05, 0) is 0 Å². The Hall–Kier alpha value is -0.720. The summed E-state index contributed by atoms with van der Waals surface area (Å²) < 4.78 is 26.6. The monoisotopic (exact) mass is 206 g/mol. The third kappa shape index (κ3) is 5.51. The first-order valence-electron chi connectivity index (χ1n) is 3.75. The van der Waals surface area contributed by atoms with E-state index in [2.05, 4.69) is 11.3 Å². The molecule has 0 saturated carbocycles. The molecule has 0 rings (SSSR count). The largest absolute Gasteiger partial charge is 0.760 e. The minimum absolute atomic E-state index is 0.0483. The summed E-state index contributed by atoms with van der Waals surface area (Å²) in [6.45, 7) is 5.49. The highest BCUT2D eigenvalue weighted by Gasteiger charge is 2.02. The zero-order valence-electron chi connectivity index (χ0n) is 7.39. The number of ether oxygens (including phenoxy) is 1. The minimum Gasteiger partial charge on any atom is -0.760 e. The molecule has 0 aliphatic heterocycles. The molecule has 0 aromatic rings. The van der Waals surface area contributed by atoms with Crippen LogP contribution < -0.4 is 0 Å². The van der Waals surface area contributed by atoms with E-state index >= 15 is 0 Å². The second-order valence-corrected chi connectivity index (χ2v) is 3.06. The van der Waals surface area contributed by atoms with Crippen LogP contribution in [0.3, 0.4) is 0 Å². The lowest BCUT2D eigenvalue weighted by Gasteiger charge is -2.21. The standard InChI is InChI=1S/C7H13NO4S/c1-3-7(9)12-6-5-8(4-2)13(10)11/h3H,1,4-6H2,2H3,(H,10,11)/p-1. The van der Waals surface area contributed by atoms with Crippen LogP contribution in [0.25, 0.3) is 0 Å². The molecule has 0 fully saturated rings. The molecular weight excluding hydrogens is 194 g/mol. The molecule has 0 aliphatic carbocycles. The molecule has 0 radical (unpaired) electrons. The van der Waals surface area contributed by atoms with Crippen molar-refractivity contribution in [3.8, 4) is 0 Å². The topological polar surface area (TPSA) is 69.7 Å². The zero-order chi connectivity index (χ0) is 10.3. The quantitative estimate of drug-likeness (QED) is 0.344. The van der Waals surface area contributed by atoms with E-state index in [1.165, 1.54) is 0 Å². The molecule has 5 nitrogen and oxygen atoms in total. The number of hydrogen-bond donors (Lipinski definition) is 0. The number of carbonyl (C=O) groups excluding carboxylic acids is 1. The van der Waals surface area contributed by atoms with Gasteiger partial charge in [-0.3, -0.25) is 4.21 Å². The Kier molecular flexibility index (Phi) is 6.38.